The molecule has 0 aliphatic heterocycles. The van der Waals surface area contributed by atoms with Gasteiger partial charge in [0, 0.05) is 11.9 Å². The fourth-order valence-electron chi connectivity index (χ4n) is 1.19. The molecule has 3 heteroatoms. The molecule has 2 rings (SSSR count). The van der Waals surface area contributed by atoms with Crippen molar-refractivity contribution in [3.8, 4) is 5.75 Å². The van der Waals surface area contributed by atoms with E-state index in [2.05, 4.69) is 4.98 Å². The summed E-state index contributed by atoms with van der Waals surface area (Å²) in [5.41, 5.74) is 7.08. The number of hydrogen-bond donors (Lipinski definition) is 3. The Morgan fingerprint density at radius 2 is 2.18 bits per heavy atom. The van der Waals surface area contributed by atoms with Gasteiger partial charge in [0.2, 0.25) is 0 Å². The van der Waals surface area contributed by atoms with Gasteiger partial charge in [0.15, 0.2) is 0 Å². The molecule has 0 bridgehead atoms. The van der Waals surface area contributed by atoms with Crippen molar-refractivity contribution >= 4 is 16.6 Å². The van der Waals surface area contributed by atoms with Gasteiger partial charge in [0.05, 0.1) is 10.9 Å². The van der Waals surface area contributed by atoms with Crippen molar-refractivity contribution in [3.05, 3.63) is 24.4 Å². The third kappa shape index (κ3) is 0.741. The van der Waals surface area contributed by atoms with Crippen LogP contribution in [0.2, 0.25) is 0 Å². The van der Waals surface area contributed by atoms with Crippen LogP contribution in [0, 0.1) is 0 Å². The number of aromatic nitrogens is 1. The summed E-state index contributed by atoms with van der Waals surface area (Å²) in [4.78, 5) is 2.90. The quantitative estimate of drug-likeness (QED) is 0.495. The van der Waals surface area contributed by atoms with Crippen LogP contribution in [0.15, 0.2) is 24.4 Å². The second-order valence-electron chi connectivity index (χ2n) is 2.44. The Morgan fingerprint density at radius 1 is 1.36 bits per heavy atom. The van der Waals surface area contributed by atoms with Gasteiger partial charge in [-0.15, -0.1) is 0 Å². The van der Waals surface area contributed by atoms with Crippen molar-refractivity contribution in [2.24, 2.45) is 0 Å². The van der Waals surface area contributed by atoms with E-state index in [1.807, 2.05) is 12.1 Å². The maximum atomic E-state index is 9.28. The molecule has 0 fully saturated rings. The first-order chi connectivity index (χ1) is 5.29. The Bertz CT molecular complexity index is 392. The molecule has 1 aromatic carbocycles. The molecule has 0 unspecified atom stereocenters. The molecule has 0 saturated carbocycles. The van der Waals surface area contributed by atoms with Gasteiger partial charge in [0.1, 0.15) is 5.75 Å². The first kappa shape index (κ1) is 6.09. The van der Waals surface area contributed by atoms with Crippen LogP contribution in [0.3, 0.4) is 0 Å². The van der Waals surface area contributed by atoms with Gasteiger partial charge < -0.3 is 15.8 Å². The fraction of sp³-hybridized carbons (Fsp3) is 0. The average Bonchev–Trinajstić information content (AvgIpc) is 2.34. The fourth-order valence-corrected chi connectivity index (χ4v) is 1.19. The molecule has 56 valence electrons. The summed E-state index contributed by atoms with van der Waals surface area (Å²) >= 11 is 0. The normalized spacial score (nSPS) is 10.5. The van der Waals surface area contributed by atoms with E-state index in [0.29, 0.717) is 11.1 Å². The standard InChI is InChI=1S/C8H8N2O/c9-5-2-1-3-6-8(5)7(11)4-10-6/h1-4,10-11H,9H2. The molecule has 0 atom stereocenters. The lowest BCUT2D eigenvalue weighted by molar-refractivity contribution is 0.481. The molecule has 11 heavy (non-hydrogen) atoms. The van der Waals surface area contributed by atoms with Gasteiger partial charge >= 0.3 is 0 Å². The van der Waals surface area contributed by atoms with Crippen LogP contribution >= 0.6 is 0 Å². The van der Waals surface area contributed by atoms with Crippen LogP contribution in [0.4, 0.5) is 5.69 Å². The maximum absolute atomic E-state index is 9.28. The Balaban J connectivity index is 2.96. The molecule has 3 nitrogen and oxygen atoms in total. The third-order valence-electron chi connectivity index (χ3n) is 1.72. The minimum atomic E-state index is 0.207. The molecule has 4 N–H and O–H groups in total. The maximum Gasteiger partial charge on any atom is 0.142 e. The van der Waals surface area contributed by atoms with Gasteiger partial charge in [0.25, 0.3) is 0 Å². The zero-order valence-electron chi connectivity index (χ0n) is 5.83. The second kappa shape index (κ2) is 1.92. The summed E-state index contributed by atoms with van der Waals surface area (Å²) in [5, 5.41) is 9.98. The van der Waals surface area contributed by atoms with Crippen molar-refractivity contribution in [3.63, 3.8) is 0 Å². The van der Waals surface area contributed by atoms with Crippen LogP contribution in [0.25, 0.3) is 10.9 Å². The number of hydrogen-bond acceptors (Lipinski definition) is 2. The first-order valence-electron chi connectivity index (χ1n) is 3.33. The van der Waals surface area contributed by atoms with Gasteiger partial charge in [-0.3, -0.25) is 0 Å². The topological polar surface area (TPSA) is 62.0 Å². The molecule has 1 heterocycles. The number of anilines is 1. The van der Waals surface area contributed by atoms with E-state index in [1.165, 1.54) is 6.20 Å². The lowest BCUT2D eigenvalue weighted by Crippen LogP contribution is -1.83. The molecule has 0 aliphatic carbocycles. The predicted molar refractivity (Wildman–Crippen MR) is 44.4 cm³/mol. The molecule has 0 amide bonds. The predicted octanol–water partition coefficient (Wildman–Crippen LogP) is 1.46. The molecule has 0 spiro atoms. The number of aromatic amines is 1. The van der Waals surface area contributed by atoms with Crippen LogP contribution < -0.4 is 5.73 Å². The number of nitrogens with two attached hydrogens (primary N) is 1. The van der Waals surface area contributed by atoms with Gasteiger partial charge in [-0.25, -0.2) is 0 Å². The first-order valence-corrected chi connectivity index (χ1v) is 3.33. The van der Waals surface area contributed by atoms with E-state index >= 15 is 0 Å². The zero-order chi connectivity index (χ0) is 7.84. The SMILES string of the molecule is Nc1cccc2[nH]cc(O)c12. The Morgan fingerprint density at radius 3 is 2.91 bits per heavy atom. The van der Waals surface area contributed by atoms with E-state index in [9.17, 15) is 5.11 Å². The van der Waals surface area contributed by atoms with Gasteiger partial charge in [-0.1, -0.05) is 6.07 Å². The van der Waals surface area contributed by atoms with Gasteiger partial charge in [-0.2, -0.15) is 0 Å². The van der Waals surface area contributed by atoms with E-state index in [-0.39, 0.29) is 5.75 Å². The summed E-state index contributed by atoms with van der Waals surface area (Å²) in [6, 6.07) is 5.47. The van der Waals surface area contributed by atoms with E-state index in [0.717, 1.165) is 5.52 Å². The molecular weight excluding hydrogens is 140 g/mol. The van der Waals surface area contributed by atoms with Crippen LogP contribution in [-0.4, -0.2) is 10.1 Å². The third-order valence-corrected chi connectivity index (χ3v) is 1.72. The minimum Gasteiger partial charge on any atom is -0.506 e. The summed E-state index contributed by atoms with van der Waals surface area (Å²) in [6.45, 7) is 0. The smallest absolute Gasteiger partial charge is 0.142 e. The van der Waals surface area contributed by atoms with Crippen molar-refractivity contribution in [1.82, 2.24) is 4.98 Å². The van der Waals surface area contributed by atoms with Gasteiger partial charge in [-0.05, 0) is 12.1 Å². The Labute approximate surface area is 63.5 Å². The number of nitrogen functional groups attached to an aromatic ring is 1. The van der Waals surface area contributed by atoms with E-state index < -0.39 is 0 Å². The monoisotopic (exact) mass is 148 g/mol. The highest BCUT2D eigenvalue weighted by Gasteiger charge is 2.03. The van der Waals surface area contributed by atoms with E-state index in [4.69, 9.17) is 5.73 Å². The number of aromatic hydroxyl groups is 1. The molecule has 0 radical (unpaired) electrons. The lowest BCUT2D eigenvalue weighted by Gasteiger charge is -1.94. The Kier molecular flexibility index (Phi) is 1.06. The molecular formula is C8H8N2O. The van der Waals surface area contributed by atoms with Crippen molar-refractivity contribution in [1.29, 1.82) is 0 Å². The molecule has 1 aromatic heterocycles. The number of benzene rings is 1. The Hall–Kier alpha value is -1.64. The van der Waals surface area contributed by atoms with Crippen molar-refractivity contribution in [2.45, 2.75) is 0 Å². The minimum absolute atomic E-state index is 0.207. The lowest BCUT2D eigenvalue weighted by atomic mass is 10.2. The van der Waals surface area contributed by atoms with Crippen molar-refractivity contribution < 1.29 is 5.11 Å². The number of fused-ring (bicyclic) bond motifs is 1. The van der Waals surface area contributed by atoms with Crippen LogP contribution in [0.1, 0.15) is 0 Å². The highest BCUT2D eigenvalue weighted by Crippen LogP contribution is 2.28. The number of nitrogens with one attached hydrogen (secondary N) is 1. The molecule has 2 aromatic rings. The summed E-state index contributed by atoms with van der Waals surface area (Å²) < 4.78 is 0. The average molecular weight is 148 g/mol. The largest absolute Gasteiger partial charge is 0.506 e. The summed E-state index contributed by atoms with van der Waals surface area (Å²) in [7, 11) is 0. The van der Waals surface area contributed by atoms with Crippen LogP contribution in [0.5, 0.6) is 5.75 Å². The summed E-state index contributed by atoms with van der Waals surface area (Å²) in [6.07, 6.45) is 1.53. The summed E-state index contributed by atoms with van der Waals surface area (Å²) in [5.74, 6) is 0.207. The zero-order valence-corrected chi connectivity index (χ0v) is 5.83. The highest BCUT2D eigenvalue weighted by atomic mass is 16.3. The van der Waals surface area contributed by atoms with E-state index in [1.54, 1.807) is 6.07 Å². The molecule has 0 aliphatic rings. The van der Waals surface area contributed by atoms with Crippen molar-refractivity contribution in [2.75, 3.05) is 5.73 Å². The number of H-pyrrole nitrogens is 1. The van der Waals surface area contributed by atoms with Crippen LogP contribution in [-0.2, 0) is 0 Å². The number of rotatable bonds is 0. The highest BCUT2D eigenvalue weighted by molar-refractivity contribution is 5.95. The molecule has 0 saturated heterocycles. The second-order valence-corrected chi connectivity index (χ2v) is 2.44.